The molecule has 148 valence electrons. The van der Waals surface area contributed by atoms with Crippen molar-refractivity contribution in [3.63, 3.8) is 0 Å². The molecule has 0 bridgehead atoms. The highest BCUT2D eigenvalue weighted by Crippen LogP contribution is 2.36. The maximum absolute atomic E-state index is 12.2. The number of phenolic OH excluding ortho intramolecular Hbond substituents is 1. The van der Waals surface area contributed by atoms with Gasteiger partial charge in [0, 0.05) is 12.1 Å². The van der Waals surface area contributed by atoms with Crippen LogP contribution < -0.4 is 10.0 Å². The number of carbonyl (C=O) groups excluding carboxylic acids is 1. The second kappa shape index (κ2) is 8.16. The van der Waals surface area contributed by atoms with Gasteiger partial charge in [-0.1, -0.05) is 24.3 Å². The molecule has 1 aliphatic carbocycles. The van der Waals surface area contributed by atoms with Gasteiger partial charge in [-0.2, -0.15) is 0 Å². The third-order valence-electron chi connectivity index (χ3n) is 4.57. The van der Waals surface area contributed by atoms with Crippen molar-refractivity contribution in [1.29, 1.82) is 0 Å². The van der Waals surface area contributed by atoms with Crippen LogP contribution in [0.1, 0.15) is 43.0 Å². The number of aromatic hydroxyl groups is 1. The average molecular weight is 401 g/mol. The van der Waals surface area contributed by atoms with Crippen molar-refractivity contribution in [1.82, 2.24) is 10.0 Å². The topological polar surface area (TPSA) is 95.5 Å². The fourth-order valence-corrected chi connectivity index (χ4v) is 4.56. The third kappa shape index (κ3) is 4.61. The lowest BCUT2D eigenvalue weighted by molar-refractivity contribution is -0.117. The van der Waals surface area contributed by atoms with Gasteiger partial charge in [-0.15, -0.1) is 0 Å². The predicted molar refractivity (Wildman–Crippen MR) is 108 cm³/mol. The number of hydrogen-bond donors (Lipinski definition) is 3. The first-order valence-corrected chi connectivity index (χ1v) is 10.7. The molecule has 3 N–H and O–H groups in total. The Balaban J connectivity index is 1.63. The summed E-state index contributed by atoms with van der Waals surface area (Å²) in [6, 6.07) is 11.4. The van der Waals surface area contributed by atoms with E-state index in [4.69, 9.17) is 0 Å². The van der Waals surface area contributed by atoms with Gasteiger partial charge in [0.25, 0.3) is 0 Å². The normalized spacial score (nSPS) is 16.5. The smallest absolute Gasteiger partial charge is 0.244 e. The van der Waals surface area contributed by atoms with E-state index >= 15 is 0 Å². The first kappa shape index (κ1) is 20.1. The molecule has 0 fully saturated rings. The van der Waals surface area contributed by atoms with Gasteiger partial charge in [0.1, 0.15) is 5.75 Å². The van der Waals surface area contributed by atoms with E-state index in [0.29, 0.717) is 0 Å². The summed E-state index contributed by atoms with van der Waals surface area (Å²) < 4.78 is 26.8. The summed E-state index contributed by atoms with van der Waals surface area (Å²) in [4.78, 5) is 12.4. The maximum atomic E-state index is 12.2. The number of carbonyl (C=O) groups is 1. The van der Waals surface area contributed by atoms with Gasteiger partial charge in [-0.25, -0.2) is 13.1 Å². The summed E-state index contributed by atoms with van der Waals surface area (Å²) in [5.41, 5.74) is 2.57. The number of benzene rings is 2. The van der Waals surface area contributed by atoms with Gasteiger partial charge >= 0.3 is 0 Å². The molecular weight excluding hydrogens is 376 g/mol. The number of hydrogen-bond acceptors (Lipinski definition) is 4. The van der Waals surface area contributed by atoms with Crippen LogP contribution in [-0.2, 0) is 21.2 Å². The summed E-state index contributed by atoms with van der Waals surface area (Å²) in [5, 5.41) is 12.8. The van der Waals surface area contributed by atoms with Gasteiger partial charge in [0.05, 0.1) is 10.9 Å². The molecule has 1 aliphatic rings. The number of rotatable bonds is 6. The minimum absolute atomic E-state index is 0.117. The van der Waals surface area contributed by atoms with Gasteiger partial charge in [0.15, 0.2) is 0 Å². The van der Waals surface area contributed by atoms with Crippen molar-refractivity contribution in [3.8, 4) is 5.75 Å². The molecule has 0 saturated carbocycles. The molecule has 28 heavy (non-hydrogen) atoms. The van der Waals surface area contributed by atoms with Crippen LogP contribution in [0, 0.1) is 0 Å². The van der Waals surface area contributed by atoms with Crippen LogP contribution in [0.5, 0.6) is 5.75 Å². The fraction of sp³-hybridized carbons (Fsp3) is 0.286. The first-order valence-electron chi connectivity index (χ1n) is 9.18. The predicted octanol–water partition coefficient (Wildman–Crippen LogP) is 2.90. The zero-order valence-corrected chi connectivity index (χ0v) is 16.7. The number of nitrogens with one attached hydrogen (secondary N) is 2. The zero-order chi connectivity index (χ0) is 20.3. The molecule has 6 nitrogen and oxygen atoms in total. The lowest BCUT2D eigenvalue weighted by atomic mass is 10.1. The molecule has 0 aliphatic heterocycles. The van der Waals surface area contributed by atoms with Crippen LogP contribution in [0.15, 0.2) is 53.4 Å². The standard InChI is InChI=1S/C21H24N2O4S/c1-14(2)23-28(26,27)16-9-6-15(7-10-16)8-13-21(25)22-19-12-11-18-17(19)4-3-5-20(18)24/h3-10,13-14,19,23-24H,11-12H2,1-2H3,(H,22,25)/b13-8+. The Kier molecular flexibility index (Phi) is 5.86. The third-order valence-corrected chi connectivity index (χ3v) is 6.25. The summed E-state index contributed by atoms with van der Waals surface area (Å²) in [5.74, 6) is 0.0335. The zero-order valence-electron chi connectivity index (χ0n) is 15.8. The van der Waals surface area contributed by atoms with E-state index in [1.54, 1.807) is 44.2 Å². The van der Waals surface area contributed by atoms with Crippen LogP contribution in [0.2, 0.25) is 0 Å². The lowest BCUT2D eigenvalue weighted by Gasteiger charge is -2.12. The quantitative estimate of drug-likeness (QED) is 0.650. The van der Waals surface area contributed by atoms with E-state index in [1.165, 1.54) is 18.2 Å². The van der Waals surface area contributed by atoms with Crippen molar-refractivity contribution in [2.45, 2.75) is 43.7 Å². The van der Waals surface area contributed by atoms with E-state index in [0.717, 1.165) is 29.5 Å². The first-order chi connectivity index (χ1) is 13.3. The number of amides is 1. The Bertz CT molecular complexity index is 996. The van der Waals surface area contributed by atoms with Crippen LogP contribution in [0.4, 0.5) is 0 Å². The Morgan fingerprint density at radius 3 is 2.57 bits per heavy atom. The Morgan fingerprint density at radius 1 is 1.18 bits per heavy atom. The Hall–Kier alpha value is -2.64. The molecule has 0 heterocycles. The van der Waals surface area contributed by atoms with E-state index in [1.807, 2.05) is 6.07 Å². The largest absolute Gasteiger partial charge is 0.508 e. The van der Waals surface area contributed by atoms with Crippen molar-refractivity contribution in [2.24, 2.45) is 0 Å². The summed E-state index contributed by atoms with van der Waals surface area (Å²) in [6.45, 7) is 3.52. The summed E-state index contributed by atoms with van der Waals surface area (Å²) >= 11 is 0. The molecule has 1 unspecified atom stereocenters. The number of phenols is 1. The summed E-state index contributed by atoms with van der Waals surface area (Å²) in [6.07, 6.45) is 4.55. The Morgan fingerprint density at radius 2 is 1.89 bits per heavy atom. The number of fused-ring (bicyclic) bond motifs is 1. The minimum Gasteiger partial charge on any atom is -0.508 e. The second-order valence-electron chi connectivity index (χ2n) is 7.12. The van der Waals surface area contributed by atoms with Crippen molar-refractivity contribution >= 4 is 22.0 Å². The molecule has 0 aromatic heterocycles. The molecule has 0 radical (unpaired) electrons. The van der Waals surface area contributed by atoms with Crippen LogP contribution in [-0.4, -0.2) is 25.5 Å². The highest BCUT2D eigenvalue weighted by molar-refractivity contribution is 7.89. The number of sulfonamides is 1. The van der Waals surface area contributed by atoms with Crippen LogP contribution >= 0.6 is 0 Å². The van der Waals surface area contributed by atoms with E-state index in [2.05, 4.69) is 10.0 Å². The monoisotopic (exact) mass is 400 g/mol. The second-order valence-corrected chi connectivity index (χ2v) is 8.84. The molecule has 0 saturated heterocycles. The molecule has 1 atom stereocenters. The molecule has 3 rings (SSSR count). The highest BCUT2D eigenvalue weighted by Gasteiger charge is 2.25. The van der Waals surface area contributed by atoms with Crippen molar-refractivity contribution < 1.29 is 18.3 Å². The van der Waals surface area contributed by atoms with Gasteiger partial charge < -0.3 is 10.4 Å². The van der Waals surface area contributed by atoms with E-state index in [-0.39, 0.29) is 28.6 Å². The van der Waals surface area contributed by atoms with Crippen LogP contribution in [0.3, 0.4) is 0 Å². The molecule has 1 amide bonds. The van der Waals surface area contributed by atoms with Gasteiger partial charge in [0.2, 0.25) is 15.9 Å². The van der Waals surface area contributed by atoms with E-state index in [9.17, 15) is 18.3 Å². The maximum Gasteiger partial charge on any atom is 0.244 e. The highest BCUT2D eigenvalue weighted by atomic mass is 32.2. The SMILES string of the molecule is CC(C)NS(=O)(=O)c1ccc(/C=C/C(=O)NC2CCc3c(O)cccc32)cc1. The molecule has 0 spiro atoms. The van der Waals surface area contributed by atoms with Gasteiger partial charge in [-0.3, -0.25) is 4.79 Å². The van der Waals surface area contributed by atoms with Crippen molar-refractivity contribution in [3.05, 3.63) is 65.2 Å². The Labute approximate surface area is 165 Å². The molecule has 2 aromatic carbocycles. The molecule has 7 heteroatoms. The van der Waals surface area contributed by atoms with Crippen LogP contribution in [0.25, 0.3) is 6.08 Å². The van der Waals surface area contributed by atoms with Gasteiger partial charge in [-0.05, 0) is 67.7 Å². The average Bonchev–Trinajstić information content (AvgIpc) is 3.03. The summed E-state index contributed by atoms with van der Waals surface area (Å²) in [7, 11) is -3.53. The fourth-order valence-electron chi connectivity index (χ4n) is 3.31. The lowest BCUT2D eigenvalue weighted by Crippen LogP contribution is -2.30. The van der Waals surface area contributed by atoms with E-state index < -0.39 is 10.0 Å². The molecular formula is C21H24N2O4S. The minimum atomic E-state index is -3.53. The van der Waals surface area contributed by atoms with Crippen molar-refractivity contribution in [2.75, 3.05) is 0 Å². The molecule has 2 aromatic rings.